The summed E-state index contributed by atoms with van der Waals surface area (Å²) in [7, 11) is 1.55. The largest absolute Gasteiger partial charge is 0.496 e. The van der Waals surface area contributed by atoms with Crippen LogP contribution >= 0.6 is 0 Å². The van der Waals surface area contributed by atoms with E-state index in [1.807, 2.05) is 12.1 Å². The van der Waals surface area contributed by atoms with E-state index >= 15 is 0 Å². The number of hydrogen-bond acceptors (Lipinski definition) is 5. The number of nitrogens with one attached hydrogen (secondary N) is 2. The highest BCUT2D eigenvalue weighted by atomic mass is 16.5. The molecule has 1 aromatic carbocycles. The summed E-state index contributed by atoms with van der Waals surface area (Å²) < 4.78 is 10.1. The molecule has 0 saturated heterocycles. The van der Waals surface area contributed by atoms with Gasteiger partial charge in [0.25, 0.3) is 5.91 Å². The number of carbonyl (C=O) groups is 3. The first-order valence-corrected chi connectivity index (χ1v) is 10.5. The van der Waals surface area contributed by atoms with Gasteiger partial charge >= 0.3 is 12.0 Å². The first-order chi connectivity index (χ1) is 14.4. The summed E-state index contributed by atoms with van der Waals surface area (Å²) in [4.78, 5) is 36.3. The molecular formula is C23H28N2O5. The maximum Gasteiger partial charge on any atom is 0.331 e. The van der Waals surface area contributed by atoms with Gasteiger partial charge in [0.2, 0.25) is 0 Å². The van der Waals surface area contributed by atoms with Gasteiger partial charge in [-0.1, -0.05) is 18.2 Å². The fourth-order valence-corrected chi connectivity index (χ4v) is 5.85. The Labute approximate surface area is 176 Å². The molecule has 7 heteroatoms. The van der Waals surface area contributed by atoms with Crippen LogP contribution in [0.15, 0.2) is 30.3 Å². The summed E-state index contributed by atoms with van der Waals surface area (Å²) in [5, 5.41) is 5.36. The van der Waals surface area contributed by atoms with Crippen LogP contribution in [0, 0.1) is 17.8 Å². The number of methoxy groups -OCH3 is 1. The predicted octanol–water partition coefficient (Wildman–Crippen LogP) is 3.05. The lowest BCUT2D eigenvalue weighted by Crippen LogP contribution is -2.62. The van der Waals surface area contributed by atoms with Gasteiger partial charge in [0.05, 0.1) is 7.11 Å². The number of esters is 1. The molecule has 7 nitrogen and oxygen atoms in total. The first kappa shape index (κ1) is 20.4. The van der Waals surface area contributed by atoms with Gasteiger partial charge in [-0.25, -0.2) is 9.59 Å². The SMILES string of the molecule is COc1ccccc1/C=C/C(=O)OCC(=O)NC(=O)NC12CC3CC(CC(C3)C1)C2. The Balaban J connectivity index is 1.22. The number of rotatable bonds is 6. The third-order valence-electron chi connectivity index (χ3n) is 6.55. The summed E-state index contributed by atoms with van der Waals surface area (Å²) in [6.45, 7) is -0.511. The minimum Gasteiger partial charge on any atom is -0.496 e. The van der Waals surface area contributed by atoms with Crippen molar-refractivity contribution in [3.05, 3.63) is 35.9 Å². The molecule has 0 aromatic heterocycles. The van der Waals surface area contributed by atoms with Crippen LogP contribution in [0.1, 0.15) is 44.1 Å². The van der Waals surface area contributed by atoms with Gasteiger partial charge in [-0.05, 0) is 68.4 Å². The Morgan fingerprint density at radius 1 is 1.07 bits per heavy atom. The molecule has 4 aliphatic carbocycles. The monoisotopic (exact) mass is 412 g/mol. The van der Waals surface area contributed by atoms with Crippen molar-refractivity contribution in [1.82, 2.24) is 10.6 Å². The zero-order chi connectivity index (χ0) is 21.1. The third kappa shape index (κ3) is 4.66. The lowest BCUT2D eigenvalue weighted by Gasteiger charge is -2.56. The van der Waals surface area contributed by atoms with Gasteiger partial charge in [-0.3, -0.25) is 10.1 Å². The first-order valence-electron chi connectivity index (χ1n) is 10.5. The van der Waals surface area contributed by atoms with E-state index in [9.17, 15) is 14.4 Å². The molecule has 0 unspecified atom stereocenters. The van der Waals surface area contributed by atoms with E-state index in [1.165, 1.54) is 25.3 Å². The van der Waals surface area contributed by atoms with Crippen molar-refractivity contribution in [3.8, 4) is 5.75 Å². The van der Waals surface area contributed by atoms with Crippen molar-refractivity contribution in [1.29, 1.82) is 0 Å². The van der Waals surface area contributed by atoms with Crippen LogP contribution in [0.25, 0.3) is 6.08 Å². The minimum atomic E-state index is -0.669. The number of benzene rings is 1. The second-order valence-corrected chi connectivity index (χ2v) is 8.88. The average molecular weight is 412 g/mol. The number of urea groups is 1. The lowest BCUT2D eigenvalue weighted by molar-refractivity contribution is -0.143. The number of amides is 3. The van der Waals surface area contributed by atoms with Crippen LogP contribution in [0.5, 0.6) is 5.75 Å². The molecule has 4 saturated carbocycles. The zero-order valence-corrected chi connectivity index (χ0v) is 17.2. The molecule has 2 N–H and O–H groups in total. The van der Waals surface area contributed by atoms with E-state index in [0.717, 1.165) is 24.8 Å². The van der Waals surface area contributed by atoms with Gasteiger partial charge in [0.1, 0.15) is 5.75 Å². The maximum atomic E-state index is 12.4. The van der Waals surface area contributed by atoms with Crippen molar-refractivity contribution < 1.29 is 23.9 Å². The third-order valence-corrected chi connectivity index (χ3v) is 6.55. The van der Waals surface area contributed by atoms with Crippen LogP contribution in [0.3, 0.4) is 0 Å². The number of carbonyl (C=O) groups excluding carboxylic acids is 3. The lowest BCUT2D eigenvalue weighted by atomic mass is 9.53. The number of para-hydroxylation sites is 1. The normalized spacial score (nSPS) is 28.9. The van der Waals surface area contributed by atoms with Gasteiger partial charge in [0, 0.05) is 17.2 Å². The van der Waals surface area contributed by atoms with Crippen molar-refractivity contribution >= 4 is 24.0 Å². The molecule has 0 heterocycles. The summed E-state index contributed by atoms with van der Waals surface area (Å²) >= 11 is 0. The molecule has 1 aromatic rings. The van der Waals surface area contributed by atoms with E-state index in [1.54, 1.807) is 25.3 Å². The zero-order valence-electron chi connectivity index (χ0n) is 17.2. The van der Waals surface area contributed by atoms with Crippen molar-refractivity contribution in [2.45, 2.75) is 44.1 Å². The second kappa shape index (κ2) is 8.50. The highest BCUT2D eigenvalue weighted by Crippen LogP contribution is 2.55. The van der Waals surface area contributed by atoms with E-state index in [0.29, 0.717) is 23.5 Å². The molecule has 5 rings (SSSR count). The van der Waals surface area contributed by atoms with Crippen LogP contribution < -0.4 is 15.4 Å². The van der Waals surface area contributed by atoms with Crippen LogP contribution in [-0.2, 0) is 14.3 Å². The Bertz CT molecular complexity index is 828. The molecule has 0 atom stereocenters. The second-order valence-electron chi connectivity index (χ2n) is 8.88. The topological polar surface area (TPSA) is 93.7 Å². The van der Waals surface area contributed by atoms with Crippen molar-refractivity contribution in [2.24, 2.45) is 17.8 Å². The summed E-state index contributed by atoms with van der Waals surface area (Å²) in [5.41, 5.74) is 0.545. The fourth-order valence-electron chi connectivity index (χ4n) is 5.85. The number of ether oxygens (including phenoxy) is 2. The molecule has 0 aliphatic heterocycles. The van der Waals surface area contributed by atoms with Gasteiger partial charge in [-0.15, -0.1) is 0 Å². The Kier molecular flexibility index (Phi) is 5.79. The highest BCUT2D eigenvalue weighted by molar-refractivity contribution is 5.96. The molecule has 30 heavy (non-hydrogen) atoms. The predicted molar refractivity (Wildman–Crippen MR) is 111 cm³/mol. The summed E-state index contributed by atoms with van der Waals surface area (Å²) in [6, 6.07) is 6.73. The summed E-state index contributed by atoms with van der Waals surface area (Å²) in [6.07, 6.45) is 9.62. The molecule has 4 aliphatic rings. The summed E-state index contributed by atoms with van der Waals surface area (Å²) in [5.74, 6) is 1.41. The minimum absolute atomic E-state index is 0.173. The van der Waals surface area contributed by atoms with E-state index in [2.05, 4.69) is 10.6 Å². The number of hydrogen-bond donors (Lipinski definition) is 2. The van der Waals surface area contributed by atoms with E-state index in [4.69, 9.17) is 9.47 Å². The Hall–Kier alpha value is -2.83. The average Bonchev–Trinajstić information content (AvgIpc) is 2.69. The van der Waals surface area contributed by atoms with Crippen LogP contribution in [0.2, 0.25) is 0 Å². The maximum absolute atomic E-state index is 12.4. The molecular weight excluding hydrogens is 384 g/mol. The van der Waals surface area contributed by atoms with Gasteiger partial charge in [0.15, 0.2) is 6.61 Å². The van der Waals surface area contributed by atoms with Gasteiger partial charge in [-0.2, -0.15) is 0 Å². The van der Waals surface area contributed by atoms with E-state index in [-0.39, 0.29) is 5.54 Å². The van der Waals surface area contributed by atoms with E-state index < -0.39 is 24.5 Å². The van der Waals surface area contributed by atoms with Crippen molar-refractivity contribution in [2.75, 3.05) is 13.7 Å². The van der Waals surface area contributed by atoms with Gasteiger partial charge < -0.3 is 14.8 Å². The van der Waals surface area contributed by atoms with Crippen LogP contribution in [0.4, 0.5) is 4.79 Å². The van der Waals surface area contributed by atoms with Crippen molar-refractivity contribution in [3.63, 3.8) is 0 Å². The number of imide groups is 1. The molecule has 4 fully saturated rings. The molecule has 160 valence electrons. The highest BCUT2D eigenvalue weighted by Gasteiger charge is 2.51. The molecule has 0 radical (unpaired) electrons. The quantitative estimate of drug-likeness (QED) is 0.553. The van der Waals surface area contributed by atoms with Crippen LogP contribution in [-0.4, -0.2) is 37.2 Å². The fraction of sp³-hybridized carbons (Fsp3) is 0.522. The molecule has 0 spiro atoms. The molecule has 4 bridgehead atoms. The smallest absolute Gasteiger partial charge is 0.331 e. The standard InChI is InChI=1S/C23H28N2O5/c1-29-19-5-3-2-4-18(19)6-7-21(27)30-14-20(26)24-22(28)25-23-11-15-8-16(12-23)10-17(9-15)13-23/h2-7,15-17H,8-14H2,1H3,(H2,24,25,26,28)/b7-6+. The Morgan fingerprint density at radius 2 is 1.70 bits per heavy atom. The molecule has 3 amide bonds. The Morgan fingerprint density at radius 3 is 2.33 bits per heavy atom.